The first-order valence-corrected chi connectivity index (χ1v) is 6.02. The molecule has 0 saturated heterocycles. The van der Waals surface area contributed by atoms with Gasteiger partial charge in [0.1, 0.15) is 5.78 Å². The Morgan fingerprint density at radius 3 is 2.53 bits per heavy atom. The van der Waals surface area contributed by atoms with E-state index in [4.69, 9.17) is 0 Å². The SMILES string of the molecule is CC(=O)[C@@H](CC(=O)C1=CC=CCC1=O)CC(C)(F)F. The maximum atomic E-state index is 12.9. The lowest BCUT2D eigenvalue weighted by Crippen LogP contribution is -2.26. The van der Waals surface area contributed by atoms with Gasteiger partial charge in [-0.2, -0.15) is 0 Å². The van der Waals surface area contributed by atoms with Gasteiger partial charge in [-0.15, -0.1) is 0 Å². The quantitative estimate of drug-likeness (QED) is 0.697. The molecule has 0 spiro atoms. The third-order valence-corrected chi connectivity index (χ3v) is 2.91. The minimum atomic E-state index is -3.01. The molecule has 1 rings (SSSR count). The van der Waals surface area contributed by atoms with E-state index < -0.39 is 29.8 Å². The fourth-order valence-corrected chi connectivity index (χ4v) is 1.92. The molecule has 0 saturated carbocycles. The van der Waals surface area contributed by atoms with Crippen LogP contribution < -0.4 is 0 Å². The zero-order valence-electron chi connectivity index (χ0n) is 10.9. The summed E-state index contributed by atoms with van der Waals surface area (Å²) < 4.78 is 25.9. The molecule has 0 bridgehead atoms. The maximum Gasteiger partial charge on any atom is 0.246 e. The van der Waals surface area contributed by atoms with Crippen molar-refractivity contribution >= 4 is 17.3 Å². The highest BCUT2D eigenvalue weighted by Crippen LogP contribution is 2.26. The molecule has 0 aromatic rings. The first-order chi connectivity index (χ1) is 8.70. The molecule has 5 heteroatoms. The Balaban J connectivity index is 2.77. The third-order valence-electron chi connectivity index (χ3n) is 2.91. The summed E-state index contributed by atoms with van der Waals surface area (Å²) in [6.45, 7) is 1.89. The van der Waals surface area contributed by atoms with Gasteiger partial charge in [0.15, 0.2) is 11.6 Å². The topological polar surface area (TPSA) is 51.2 Å². The number of hydrogen-bond donors (Lipinski definition) is 0. The Kier molecular flexibility index (Phi) is 4.86. The maximum absolute atomic E-state index is 12.9. The first-order valence-electron chi connectivity index (χ1n) is 6.02. The Morgan fingerprint density at radius 2 is 2.05 bits per heavy atom. The van der Waals surface area contributed by atoms with Crippen LogP contribution in [0.3, 0.4) is 0 Å². The highest BCUT2D eigenvalue weighted by atomic mass is 19.3. The van der Waals surface area contributed by atoms with Crippen LogP contribution in [0.2, 0.25) is 0 Å². The van der Waals surface area contributed by atoms with Gasteiger partial charge in [0.2, 0.25) is 5.92 Å². The molecular weight excluding hydrogens is 254 g/mol. The number of rotatable bonds is 6. The number of allylic oxidation sites excluding steroid dienone is 4. The minimum absolute atomic E-state index is 0.00632. The molecule has 0 radical (unpaired) electrons. The number of Topliss-reactive ketones (excluding diaryl/α,β-unsaturated/α-hetero) is 3. The van der Waals surface area contributed by atoms with Gasteiger partial charge in [0.05, 0.1) is 5.57 Å². The molecule has 3 nitrogen and oxygen atoms in total. The Bertz CT molecular complexity index is 456. The first kappa shape index (κ1) is 15.4. The average molecular weight is 270 g/mol. The number of hydrogen-bond acceptors (Lipinski definition) is 3. The van der Waals surface area contributed by atoms with Crippen LogP contribution in [0.4, 0.5) is 8.78 Å². The lowest BCUT2D eigenvalue weighted by Gasteiger charge is -2.18. The van der Waals surface area contributed by atoms with Crippen molar-refractivity contribution in [2.75, 3.05) is 0 Å². The van der Waals surface area contributed by atoms with Crippen molar-refractivity contribution < 1.29 is 23.2 Å². The summed E-state index contributed by atoms with van der Waals surface area (Å²) in [5.41, 5.74) is -0.00632. The largest absolute Gasteiger partial charge is 0.300 e. The summed E-state index contributed by atoms with van der Waals surface area (Å²) in [5.74, 6) is -5.40. The van der Waals surface area contributed by atoms with E-state index in [-0.39, 0.29) is 24.2 Å². The smallest absolute Gasteiger partial charge is 0.246 e. The molecule has 1 atom stereocenters. The summed E-state index contributed by atoms with van der Waals surface area (Å²) in [5, 5.41) is 0. The van der Waals surface area contributed by atoms with E-state index in [2.05, 4.69) is 0 Å². The van der Waals surface area contributed by atoms with Crippen molar-refractivity contribution in [1.29, 1.82) is 0 Å². The number of ketones is 3. The second-order valence-electron chi connectivity index (χ2n) is 4.85. The molecule has 0 amide bonds. The van der Waals surface area contributed by atoms with Crippen molar-refractivity contribution in [2.45, 2.75) is 39.0 Å². The van der Waals surface area contributed by atoms with Crippen LogP contribution in [0.1, 0.15) is 33.1 Å². The average Bonchev–Trinajstić information content (AvgIpc) is 2.26. The predicted octanol–water partition coefficient (Wildman–Crippen LogP) is 2.65. The highest BCUT2D eigenvalue weighted by Gasteiger charge is 2.32. The Morgan fingerprint density at radius 1 is 1.42 bits per heavy atom. The molecule has 0 N–H and O–H groups in total. The molecule has 0 aliphatic heterocycles. The predicted molar refractivity (Wildman–Crippen MR) is 65.9 cm³/mol. The third kappa shape index (κ3) is 4.85. The van der Waals surface area contributed by atoms with Crippen LogP contribution in [0.25, 0.3) is 0 Å². The molecular formula is C14H16F2O3. The normalized spacial score (nSPS) is 17.1. The van der Waals surface area contributed by atoms with E-state index in [1.54, 1.807) is 12.2 Å². The molecule has 0 fully saturated rings. The molecule has 104 valence electrons. The molecule has 1 aliphatic rings. The van der Waals surface area contributed by atoms with Crippen LogP contribution in [0.5, 0.6) is 0 Å². The summed E-state index contributed by atoms with van der Waals surface area (Å²) in [4.78, 5) is 34.7. The summed E-state index contributed by atoms with van der Waals surface area (Å²) in [7, 11) is 0. The lowest BCUT2D eigenvalue weighted by molar-refractivity contribution is -0.129. The van der Waals surface area contributed by atoms with E-state index in [0.29, 0.717) is 6.92 Å². The van der Waals surface area contributed by atoms with Crippen molar-refractivity contribution in [3.8, 4) is 0 Å². The monoisotopic (exact) mass is 270 g/mol. The summed E-state index contributed by atoms with van der Waals surface area (Å²) >= 11 is 0. The second kappa shape index (κ2) is 5.99. The molecule has 19 heavy (non-hydrogen) atoms. The van der Waals surface area contributed by atoms with E-state index in [0.717, 1.165) is 0 Å². The van der Waals surface area contributed by atoms with Gasteiger partial charge in [-0.1, -0.05) is 12.2 Å². The van der Waals surface area contributed by atoms with Crippen LogP contribution in [0.15, 0.2) is 23.8 Å². The minimum Gasteiger partial charge on any atom is -0.300 e. The van der Waals surface area contributed by atoms with Gasteiger partial charge in [-0.05, 0) is 19.9 Å². The number of carbonyl (C=O) groups is 3. The van der Waals surface area contributed by atoms with E-state index >= 15 is 0 Å². The van der Waals surface area contributed by atoms with Crippen LogP contribution in [-0.4, -0.2) is 23.3 Å². The molecule has 1 aliphatic carbocycles. The zero-order chi connectivity index (χ0) is 14.6. The fourth-order valence-electron chi connectivity index (χ4n) is 1.92. The van der Waals surface area contributed by atoms with E-state index in [1.807, 2.05) is 0 Å². The molecule has 0 aromatic heterocycles. The van der Waals surface area contributed by atoms with Crippen LogP contribution >= 0.6 is 0 Å². The molecule has 0 unspecified atom stereocenters. The van der Waals surface area contributed by atoms with Crippen molar-refractivity contribution in [2.24, 2.45) is 5.92 Å². The van der Waals surface area contributed by atoms with E-state index in [1.165, 1.54) is 13.0 Å². The van der Waals surface area contributed by atoms with Crippen LogP contribution in [0, 0.1) is 5.92 Å². The zero-order valence-corrected chi connectivity index (χ0v) is 10.9. The Hall–Kier alpha value is -1.65. The molecule has 0 aromatic carbocycles. The van der Waals surface area contributed by atoms with Gasteiger partial charge in [0, 0.05) is 25.2 Å². The van der Waals surface area contributed by atoms with Gasteiger partial charge in [-0.3, -0.25) is 14.4 Å². The number of alkyl halides is 2. The highest BCUT2D eigenvalue weighted by molar-refractivity contribution is 6.21. The fraction of sp³-hybridized carbons (Fsp3) is 0.500. The summed E-state index contributed by atoms with van der Waals surface area (Å²) in [6.07, 6.45) is 3.67. The number of halogens is 2. The molecule has 0 heterocycles. The number of carbonyl (C=O) groups excluding carboxylic acids is 3. The van der Waals surface area contributed by atoms with Crippen molar-refractivity contribution in [3.05, 3.63) is 23.8 Å². The van der Waals surface area contributed by atoms with Gasteiger partial charge in [0.25, 0.3) is 0 Å². The van der Waals surface area contributed by atoms with Gasteiger partial charge >= 0.3 is 0 Å². The van der Waals surface area contributed by atoms with E-state index in [9.17, 15) is 23.2 Å². The van der Waals surface area contributed by atoms with Gasteiger partial charge < -0.3 is 0 Å². The Labute approximate surface area is 110 Å². The standard InChI is InChI=1S/C14H16F2O3/c1-9(17)10(8-14(2,15)16)7-13(19)11-5-3-4-6-12(11)18/h3-5,10H,6-8H2,1-2H3/t10-/m0/s1. The second-order valence-corrected chi connectivity index (χ2v) is 4.85. The van der Waals surface area contributed by atoms with Crippen molar-refractivity contribution in [3.63, 3.8) is 0 Å². The lowest BCUT2D eigenvalue weighted by atomic mass is 9.88. The summed E-state index contributed by atoms with van der Waals surface area (Å²) in [6, 6.07) is 0. The van der Waals surface area contributed by atoms with Crippen molar-refractivity contribution in [1.82, 2.24) is 0 Å². The van der Waals surface area contributed by atoms with Gasteiger partial charge in [-0.25, -0.2) is 8.78 Å². The van der Waals surface area contributed by atoms with Crippen LogP contribution in [-0.2, 0) is 14.4 Å².